The van der Waals surface area contributed by atoms with Crippen LogP contribution in [0.1, 0.15) is 24.9 Å². The highest BCUT2D eigenvalue weighted by Crippen LogP contribution is 2.32. The summed E-state index contributed by atoms with van der Waals surface area (Å²) in [5.74, 6) is 0. The molecule has 0 amide bonds. The van der Waals surface area contributed by atoms with E-state index in [1.54, 1.807) is 13.2 Å². The number of aryl methyl sites for hydroxylation is 2. The van der Waals surface area contributed by atoms with Gasteiger partial charge in [0, 0.05) is 20.3 Å². The molecule has 132 valence electrons. The Balaban J connectivity index is 2.53. The Hall–Kier alpha value is -2.60. The Morgan fingerprint density at radius 3 is 2.48 bits per heavy atom. The number of rotatable bonds is 4. The fourth-order valence-electron chi connectivity index (χ4n) is 3.35. The van der Waals surface area contributed by atoms with Crippen molar-refractivity contribution in [2.24, 2.45) is 14.1 Å². The van der Waals surface area contributed by atoms with Crippen molar-refractivity contribution >= 4 is 10.9 Å². The predicted octanol–water partition coefficient (Wildman–Crippen LogP) is 1.96. The summed E-state index contributed by atoms with van der Waals surface area (Å²) in [4.78, 5) is 25.2. The van der Waals surface area contributed by atoms with Gasteiger partial charge in [0.05, 0.1) is 29.2 Å². The molecule has 0 fully saturated rings. The molecule has 0 saturated heterocycles. The zero-order valence-electron chi connectivity index (χ0n) is 15.0. The minimum Gasteiger partial charge on any atom is -0.394 e. The SMILES string of the molecule is CCC(CO)n1cc2c(c1-c1cccc(C)c1)c(=O)n(C)c(=O)n2C. The van der Waals surface area contributed by atoms with Gasteiger partial charge in [-0.25, -0.2) is 4.79 Å². The number of aliphatic hydroxyl groups excluding tert-OH is 1. The third-order valence-electron chi connectivity index (χ3n) is 4.83. The van der Waals surface area contributed by atoms with Gasteiger partial charge in [-0.15, -0.1) is 0 Å². The molecule has 0 saturated carbocycles. The summed E-state index contributed by atoms with van der Waals surface area (Å²) in [5, 5.41) is 10.3. The van der Waals surface area contributed by atoms with Gasteiger partial charge in [0.15, 0.2) is 0 Å². The number of nitrogens with zero attached hydrogens (tertiary/aromatic N) is 3. The maximum absolute atomic E-state index is 12.9. The van der Waals surface area contributed by atoms with Crippen LogP contribution in [0.4, 0.5) is 0 Å². The summed E-state index contributed by atoms with van der Waals surface area (Å²) >= 11 is 0. The first-order chi connectivity index (χ1) is 11.9. The topological polar surface area (TPSA) is 69.2 Å². The van der Waals surface area contributed by atoms with Crippen molar-refractivity contribution in [3.8, 4) is 11.3 Å². The van der Waals surface area contributed by atoms with E-state index in [1.165, 1.54) is 11.6 Å². The first-order valence-corrected chi connectivity index (χ1v) is 8.39. The zero-order valence-corrected chi connectivity index (χ0v) is 15.0. The highest BCUT2D eigenvalue weighted by molar-refractivity contribution is 5.93. The first-order valence-electron chi connectivity index (χ1n) is 8.39. The van der Waals surface area contributed by atoms with Crippen LogP contribution in [0.2, 0.25) is 0 Å². The van der Waals surface area contributed by atoms with Gasteiger partial charge in [0.2, 0.25) is 0 Å². The number of benzene rings is 1. The lowest BCUT2D eigenvalue weighted by atomic mass is 10.1. The van der Waals surface area contributed by atoms with Gasteiger partial charge in [0.1, 0.15) is 0 Å². The van der Waals surface area contributed by atoms with Gasteiger partial charge >= 0.3 is 5.69 Å². The van der Waals surface area contributed by atoms with Crippen molar-refractivity contribution in [1.82, 2.24) is 13.7 Å². The third kappa shape index (κ3) is 2.62. The highest BCUT2D eigenvalue weighted by atomic mass is 16.3. The molecular weight excluding hydrogens is 318 g/mol. The molecule has 0 bridgehead atoms. The molecule has 6 nitrogen and oxygen atoms in total. The Morgan fingerprint density at radius 1 is 1.16 bits per heavy atom. The Labute approximate surface area is 145 Å². The molecule has 0 radical (unpaired) electrons. The van der Waals surface area contributed by atoms with Crippen LogP contribution in [0.25, 0.3) is 22.2 Å². The fraction of sp³-hybridized carbons (Fsp3) is 0.368. The average molecular weight is 341 g/mol. The molecule has 3 aromatic rings. The molecule has 2 aromatic heterocycles. The van der Waals surface area contributed by atoms with Crippen LogP contribution in [0.5, 0.6) is 0 Å². The van der Waals surface area contributed by atoms with Crippen molar-refractivity contribution < 1.29 is 5.11 Å². The van der Waals surface area contributed by atoms with Gasteiger partial charge < -0.3 is 9.67 Å². The molecular formula is C19H23N3O3. The third-order valence-corrected chi connectivity index (χ3v) is 4.83. The Morgan fingerprint density at radius 2 is 1.88 bits per heavy atom. The van der Waals surface area contributed by atoms with Crippen molar-refractivity contribution in [3.63, 3.8) is 0 Å². The lowest BCUT2D eigenvalue weighted by Gasteiger charge is -2.18. The fourth-order valence-corrected chi connectivity index (χ4v) is 3.35. The van der Waals surface area contributed by atoms with Crippen LogP contribution in [-0.2, 0) is 14.1 Å². The van der Waals surface area contributed by atoms with Crippen LogP contribution in [0.15, 0.2) is 40.1 Å². The molecule has 1 atom stereocenters. The Kier molecular flexibility index (Phi) is 4.39. The maximum atomic E-state index is 12.9. The number of aromatic nitrogens is 3. The quantitative estimate of drug-likeness (QED) is 0.789. The van der Waals surface area contributed by atoms with Crippen molar-refractivity contribution in [2.45, 2.75) is 26.3 Å². The molecule has 1 unspecified atom stereocenters. The molecule has 1 N–H and O–H groups in total. The molecule has 0 spiro atoms. The number of hydrogen-bond donors (Lipinski definition) is 1. The minimum absolute atomic E-state index is 0.0371. The number of fused-ring (bicyclic) bond motifs is 1. The summed E-state index contributed by atoms with van der Waals surface area (Å²) < 4.78 is 4.54. The molecule has 3 rings (SSSR count). The van der Waals surface area contributed by atoms with Crippen LogP contribution < -0.4 is 11.2 Å². The molecule has 0 aliphatic carbocycles. The first kappa shape index (κ1) is 17.2. The van der Waals surface area contributed by atoms with Crippen LogP contribution in [-0.4, -0.2) is 25.4 Å². The van der Waals surface area contributed by atoms with Crippen molar-refractivity contribution in [3.05, 3.63) is 56.9 Å². The van der Waals surface area contributed by atoms with E-state index >= 15 is 0 Å². The molecule has 1 aromatic carbocycles. The molecule has 2 heterocycles. The van der Waals surface area contributed by atoms with Gasteiger partial charge in [-0.05, 0) is 25.0 Å². The lowest BCUT2D eigenvalue weighted by molar-refractivity contribution is 0.226. The second-order valence-corrected chi connectivity index (χ2v) is 6.47. The molecule has 0 aliphatic rings. The van der Waals surface area contributed by atoms with E-state index in [9.17, 15) is 14.7 Å². The normalized spacial score (nSPS) is 12.7. The van der Waals surface area contributed by atoms with E-state index in [4.69, 9.17) is 0 Å². The zero-order chi connectivity index (χ0) is 18.3. The summed E-state index contributed by atoms with van der Waals surface area (Å²) in [7, 11) is 3.15. The summed E-state index contributed by atoms with van der Waals surface area (Å²) in [6.45, 7) is 3.95. The predicted molar refractivity (Wildman–Crippen MR) is 99.0 cm³/mol. The van der Waals surface area contributed by atoms with E-state index in [0.29, 0.717) is 17.3 Å². The van der Waals surface area contributed by atoms with Gasteiger partial charge in [-0.3, -0.25) is 13.9 Å². The van der Waals surface area contributed by atoms with Crippen molar-refractivity contribution in [1.29, 1.82) is 0 Å². The Bertz CT molecular complexity index is 1050. The standard InChI is InChI=1S/C19H23N3O3/c1-5-14(11-23)22-10-15-16(18(24)21(4)19(25)20(15)3)17(22)13-8-6-7-12(2)9-13/h6-10,14,23H,5,11H2,1-4H3. The smallest absolute Gasteiger partial charge is 0.330 e. The van der Waals surface area contributed by atoms with Gasteiger partial charge in [0.25, 0.3) is 5.56 Å². The monoisotopic (exact) mass is 341 g/mol. The molecule has 25 heavy (non-hydrogen) atoms. The number of aliphatic hydroxyl groups is 1. The number of hydrogen-bond acceptors (Lipinski definition) is 3. The largest absolute Gasteiger partial charge is 0.394 e. The lowest BCUT2D eigenvalue weighted by Crippen LogP contribution is -2.36. The van der Waals surface area contributed by atoms with E-state index in [0.717, 1.165) is 21.4 Å². The molecule has 6 heteroatoms. The summed E-state index contributed by atoms with van der Waals surface area (Å²) in [6, 6.07) is 7.74. The molecule has 0 aliphatic heterocycles. The van der Waals surface area contributed by atoms with Gasteiger partial charge in [-0.1, -0.05) is 30.7 Å². The van der Waals surface area contributed by atoms with Crippen LogP contribution in [0, 0.1) is 6.92 Å². The minimum atomic E-state index is -0.359. The second-order valence-electron chi connectivity index (χ2n) is 6.47. The second kappa shape index (κ2) is 6.37. The summed E-state index contributed by atoms with van der Waals surface area (Å²) in [6.07, 6.45) is 2.52. The van der Waals surface area contributed by atoms with Crippen molar-refractivity contribution in [2.75, 3.05) is 6.61 Å². The highest BCUT2D eigenvalue weighted by Gasteiger charge is 2.22. The average Bonchev–Trinajstić information content (AvgIpc) is 3.00. The maximum Gasteiger partial charge on any atom is 0.330 e. The van der Waals surface area contributed by atoms with E-state index in [2.05, 4.69) is 0 Å². The van der Waals surface area contributed by atoms with Gasteiger partial charge in [-0.2, -0.15) is 0 Å². The van der Waals surface area contributed by atoms with E-state index < -0.39 is 0 Å². The summed E-state index contributed by atoms with van der Waals surface area (Å²) in [5.41, 5.74) is 2.63. The van der Waals surface area contributed by atoms with E-state index in [-0.39, 0.29) is 23.9 Å². The van der Waals surface area contributed by atoms with E-state index in [1.807, 2.05) is 42.7 Å². The van der Waals surface area contributed by atoms with Crippen LogP contribution >= 0.6 is 0 Å². The van der Waals surface area contributed by atoms with Crippen LogP contribution in [0.3, 0.4) is 0 Å².